The fourth-order valence-electron chi connectivity index (χ4n) is 9.28. The van der Waals surface area contributed by atoms with Crippen LogP contribution in [0.1, 0.15) is 0 Å². The number of hydrogen-bond donors (Lipinski definition) is 0. The van der Waals surface area contributed by atoms with E-state index in [1.54, 1.807) is 0 Å². The van der Waals surface area contributed by atoms with E-state index in [2.05, 4.69) is 229 Å². The van der Waals surface area contributed by atoms with Crippen LogP contribution < -0.4 is 4.90 Å². The van der Waals surface area contributed by atoms with Crippen molar-refractivity contribution in [3.8, 4) is 44.5 Å². The Balaban J connectivity index is 1.09. The summed E-state index contributed by atoms with van der Waals surface area (Å²) in [5.74, 6) is 0. The Morgan fingerprint density at radius 3 is 1.52 bits per heavy atom. The minimum Gasteiger partial charge on any atom is -0.456 e. The van der Waals surface area contributed by atoms with Gasteiger partial charge in [-0.2, -0.15) is 0 Å². The zero-order valence-electron chi connectivity index (χ0n) is 33.1. The maximum atomic E-state index is 6.92. The summed E-state index contributed by atoms with van der Waals surface area (Å²) in [6, 6.07) is 79.8. The maximum absolute atomic E-state index is 6.92. The Hall–Kier alpha value is -8.14. The van der Waals surface area contributed by atoms with Crippen molar-refractivity contribution in [3.63, 3.8) is 0 Å². The number of hydrogen-bond acceptors (Lipinski definition) is 3. The predicted octanol–water partition coefficient (Wildman–Crippen LogP) is 16.8. The van der Waals surface area contributed by atoms with Crippen LogP contribution in [0.4, 0.5) is 17.1 Å². The first kappa shape index (κ1) is 34.9. The van der Waals surface area contributed by atoms with E-state index >= 15 is 0 Å². The van der Waals surface area contributed by atoms with Gasteiger partial charge in [-0.25, -0.2) is 0 Å². The summed E-state index contributed by atoms with van der Waals surface area (Å²) in [6.07, 6.45) is 0. The third-order valence-corrected chi connectivity index (χ3v) is 12.1. The summed E-state index contributed by atoms with van der Waals surface area (Å²) in [6.45, 7) is 0. The molecule has 12 rings (SSSR count). The smallest absolute Gasteiger partial charge is 0.143 e. The number of nitrogens with zero attached hydrogens (tertiary/aromatic N) is 1. The number of fused-ring (bicyclic) bond motifs is 7. The van der Waals surface area contributed by atoms with E-state index in [-0.39, 0.29) is 0 Å². The molecule has 0 saturated heterocycles. The van der Waals surface area contributed by atoms with Crippen LogP contribution >= 0.6 is 0 Å². The fraction of sp³-hybridized carbons (Fsp3) is 0. The number of furan rings is 2. The average Bonchev–Trinajstić information content (AvgIpc) is 3.90. The zero-order valence-corrected chi connectivity index (χ0v) is 33.1. The van der Waals surface area contributed by atoms with E-state index < -0.39 is 0 Å². The molecule has 286 valence electrons. The summed E-state index contributed by atoms with van der Waals surface area (Å²) < 4.78 is 13.5. The molecule has 0 N–H and O–H groups in total. The Morgan fingerprint density at radius 1 is 0.295 bits per heavy atom. The van der Waals surface area contributed by atoms with Crippen LogP contribution in [0.2, 0.25) is 0 Å². The molecule has 2 aromatic heterocycles. The third-order valence-electron chi connectivity index (χ3n) is 12.1. The highest BCUT2D eigenvalue weighted by atomic mass is 16.3. The first-order valence-electron chi connectivity index (χ1n) is 20.7. The normalized spacial score (nSPS) is 11.6. The molecule has 61 heavy (non-hydrogen) atoms. The van der Waals surface area contributed by atoms with Crippen LogP contribution in [0.25, 0.3) is 99.2 Å². The summed E-state index contributed by atoms with van der Waals surface area (Å²) in [7, 11) is 0. The molecule has 12 aromatic rings. The van der Waals surface area contributed by atoms with Crippen LogP contribution in [-0.4, -0.2) is 0 Å². The maximum Gasteiger partial charge on any atom is 0.143 e. The van der Waals surface area contributed by atoms with Crippen LogP contribution in [-0.2, 0) is 0 Å². The van der Waals surface area contributed by atoms with E-state index in [9.17, 15) is 0 Å². The van der Waals surface area contributed by atoms with Gasteiger partial charge in [0.2, 0.25) is 0 Å². The van der Waals surface area contributed by atoms with Gasteiger partial charge >= 0.3 is 0 Å². The summed E-state index contributed by atoms with van der Waals surface area (Å²) in [4.78, 5) is 2.42. The highest BCUT2D eigenvalue weighted by molar-refractivity contribution is 6.17. The van der Waals surface area contributed by atoms with Crippen molar-refractivity contribution in [1.82, 2.24) is 0 Å². The Bertz CT molecular complexity index is 3600. The van der Waals surface area contributed by atoms with Crippen LogP contribution in [0.3, 0.4) is 0 Å². The molecule has 0 aliphatic rings. The van der Waals surface area contributed by atoms with Crippen molar-refractivity contribution in [2.75, 3.05) is 4.90 Å². The minimum atomic E-state index is 0.866. The molecule has 0 unspecified atom stereocenters. The topological polar surface area (TPSA) is 29.5 Å². The van der Waals surface area contributed by atoms with Gasteiger partial charge in [0.25, 0.3) is 0 Å². The second kappa shape index (κ2) is 14.3. The Kier molecular flexibility index (Phi) is 8.17. The standard InChI is InChI=1S/C58H37NO2/c1-3-17-38(18-4-1)44-25-9-11-32-52(44)59(53-33-12-10-26-47(53)48-29-16-34-54-56(48)51-36-40-21-7-8-22-41(40)37-55(51)60-54)43-24-13-23-42(35-43)46-28-15-31-50-49-30-14-27-45(57(49)61-58(46)50)39-19-5-2-6-20-39/h1-37H. The van der Waals surface area contributed by atoms with Crippen molar-refractivity contribution in [2.45, 2.75) is 0 Å². The van der Waals surface area contributed by atoms with Crippen molar-refractivity contribution < 1.29 is 8.83 Å². The van der Waals surface area contributed by atoms with Gasteiger partial charge in [-0.15, -0.1) is 0 Å². The molecular weight excluding hydrogens is 743 g/mol. The molecule has 3 heteroatoms. The Morgan fingerprint density at radius 2 is 0.803 bits per heavy atom. The number of para-hydroxylation sites is 4. The number of rotatable bonds is 7. The van der Waals surface area contributed by atoms with Gasteiger partial charge in [0, 0.05) is 49.5 Å². The van der Waals surface area contributed by atoms with E-state index in [1.165, 1.54) is 5.39 Å². The monoisotopic (exact) mass is 779 g/mol. The lowest BCUT2D eigenvalue weighted by molar-refractivity contribution is 0.669. The zero-order chi connectivity index (χ0) is 40.3. The first-order valence-corrected chi connectivity index (χ1v) is 20.7. The fourth-order valence-corrected chi connectivity index (χ4v) is 9.28. The highest BCUT2D eigenvalue weighted by Crippen LogP contribution is 2.48. The van der Waals surface area contributed by atoms with E-state index in [0.717, 1.165) is 111 Å². The molecule has 0 amide bonds. The minimum absolute atomic E-state index is 0.866. The molecule has 2 heterocycles. The largest absolute Gasteiger partial charge is 0.456 e. The lowest BCUT2D eigenvalue weighted by Crippen LogP contribution is -2.12. The highest BCUT2D eigenvalue weighted by Gasteiger charge is 2.24. The molecule has 10 aromatic carbocycles. The third kappa shape index (κ3) is 5.82. The molecule has 0 atom stereocenters. The van der Waals surface area contributed by atoms with Crippen molar-refractivity contribution in [3.05, 3.63) is 224 Å². The first-order chi connectivity index (χ1) is 30.3. The van der Waals surface area contributed by atoms with Gasteiger partial charge < -0.3 is 13.7 Å². The van der Waals surface area contributed by atoms with Crippen LogP contribution in [0.15, 0.2) is 233 Å². The average molecular weight is 780 g/mol. The molecule has 0 spiro atoms. The number of anilines is 3. The van der Waals surface area contributed by atoms with E-state index in [0.29, 0.717) is 0 Å². The van der Waals surface area contributed by atoms with Crippen LogP contribution in [0, 0.1) is 0 Å². The Labute approximate surface area is 353 Å². The molecule has 0 radical (unpaired) electrons. The summed E-state index contributed by atoms with van der Waals surface area (Å²) in [5.41, 5.74) is 15.5. The van der Waals surface area contributed by atoms with Gasteiger partial charge in [0.15, 0.2) is 0 Å². The SMILES string of the molecule is c1ccc(-c2ccccc2N(c2cccc(-c3cccc4c3oc3c(-c5ccccc5)cccc34)c2)c2ccccc2-c2cccc3oc4cc5ccccc5cc4c23)cc1. The van der Waals surface area contributed by atoms with Gasteiger partial charge in [0.05, 0.1) is 11.4 Å². The van der Waals surface area contributed by atoms with Gasteiger partial charge in [-0.05, 0) is 75.5 Å². The molecule has 3 nitrogen and oxygen atoms in total. The number of benzene rings is 10. The van der Waals surface area contributed by atoms with Gasteiger partial charge in [-0.1, -0.05) is 182 Å². The summed E-state index contributed by atoms with van der Waals surface area (Å²) >= 11 is 0. The summed E-state index contributed by atoms with van der Waals surface area (Å²) in [5, 5.41) is 6.76. The van der Waals surface area contributed by atoms with E-state index in [1.807, 2.05) is 0 Å². The van der Waals surface area contributed by atoms with E-state index in [4.69, 9.17) is 8.83 Å². The molecule has 0 aliphatic heterocycles. The van der Waals surface area contributed by atoms with Crippen LogP contribution in [0.5, 0.6) is 0 Å². The molecule has 0 saturated carbocycles. The van der Waals surface area contributed by atoms with Gasteiger partial charge in [-0.3, -0.25) is 0 Å². The molecule has 0 fully saturated rings. The van der Waals surface area contributed by atoms with Crippen molar-refractivity contribution >= 4 is 71.7 Å². The van der Waals surface area contributed by atoms with Crippen molar-refractivity contribution in [1.29, 1.82) is 0 Å². The lowest BCUT2D eigenvalue weighted by Gasteiger charge is -2.30. The second-order valence-electron chi connectivity index (χ2n) is 15.6. The molecular formula is C58H37NO2. The molecule has 0 aliphatic carbocycles. The molecule has 0 bridgehead atoms. The second-order valence-corrected chi connectivity index (χ2v) is 15.6. The van der Waals surface area contributed by atoms with Crippen molar-refractivity contribution in [2.24, 2.45) is 0 Å². The van der Waals surface area contributed by atoms with Gasteiger partial charge in [0.1, 0.15) is 22.3 Å². The quantitative estimate of drug-likeness (QED) is 0.161. The lowest BCUT2D eigenvalue weighted by atomic mass is 9.95. The predicted molar refractivity (Wildman–Crippen MR) is 255 cm³/mol.